The highest BCUT2D eigenvalue weighted by molar-refractivity contribution is 5.84. The van der Waals surface area contributed by atoms with Gasteiger partial charge in [0.25, 0.3) is 0 Å². The van der Waals surface area contributed by atoms with Gasteiger partial charge in [-0.1, -0.05) is 12.8 Å². The smallest absolute Gasteiger partial charge is 0.227 e. The van der Waals surface area contributed by atoms with Crippen LogP contribution in [0.2, 0.25) is 0 Å². The first-order valence-electron chi connectivity index (χ1n) is 14.7. The second-order valence-electron chi connectivity index (χ2n) is 11.8. The summed E-state index contributed by atoms with van der Waals surface area (Å²) in [6.07, 6.45) is 17.9. The fourth-order valence-electron chi connectivity index (χ4n) is 6.81. The molecule has 2 aliphatic carbocycles. The third-order valence-electron chi connectivity index (χ3n) is 9.18. The molecule has 9 nitrogen and oxygen atoms in total. The fourth-order valence-corrected chi connectivity index (χ4v) is 6.81. The third-order valence-corrected chi connectivity index (χ3v) is 9.18. The standard InChI is InChI=1S/C27H45N9/c28-21-7-9-22(10-8-21)30-27-31-25(24-26(32-27)36(19-29-24)23-5-1-2-6-23)33-35-17-12-20(13-18-35)11-16-34-14-3-4-15-34/h19-23H,1-18,28H2,(H2,30,31,32,33)/t21-,22-. The number of imidazole rings is 1. The normalized spacial score (nSPS) is 27.2. The van der Waals surface area contributed by atoms with Crippen molar-refractivity contribution in [1.82, 2.24) is 29.4 Å². The van der Waals surface area contributed by atoms with Crippen LogP contribution < -0.4 is 16.5 Å². The first-order valence-corrected chi connectivity index (χ1v) is 14.7. The van der Waals surface area contributed by atoms with Gasteiger partial charge in [0.15, 0.2) is 17.0 Å². The highest BCUT2D eigenvalue weighted by atomic mass is 15.5. The van der Waals surface area contributed by atoms with Gasteiger partial charge in [-0.25, -0.2) is 9.99 Å². The molecule has 0 bridgehead atoms. The highest BCUT2D eigenvalue weighted by Gasteiger charge is 2.26. The van der Waals surface area contributed by atoms with Gasteiger partial charge in [0.05, 0.1) is 6.33 Å². The van der Waals surface area contributed by atoms with Crippen LogP contribution in [-0.4, -0.2) is 74.2 Å². The van der Waals surface area contributed by atoms with Gasteiger partial charge in [-0.2, -0.15) is 9.97 Å². The molecule has 2 saturated heterocycles. The number of nitrogens with two attached hydrogens (primary N) is 1. The minimum Gasteiger partial charge on any atom is -0.351 e. The molecule has 0 aromatic carbocycles. The molecule has 2 saturated carbocycles. The van der Waals surface area contributed by atoms with E-state index in [1.807, 2.05) is 6.33 Å². The Bertz CT molecular complexity index is 979. The number of nitrogens with one attached hydrogen (secondary N) is 2. The summed E-state index contributed by atoms with van der Waals surface area (Å²) in [5.74, 6) is 2.42. The van der Waals surface area contributed by atoms with Crippen molar-refractivity contribution in [1.29, 1.82) is 0 Å². The van der Waals surface area contributed by atoms with E-state index in [1.54, 1.807) is 0 Å². The maximum atomic E-state index is 6.14. The van der Waals surface area contributed by atoms with E-state index in [4.69, 9.17) is 20.7 Å². The molecule has 2 aliphatic heterocycles. The molecule has 4 aliphatic rings. The van der Waals surface area contributed by atoms with Crippen LogP contribution in [0.15, 0.2) is 6.33 Å². The summed E-state index contributed by atoms with van der Waals surface area (Å²) >= 11 is 0. The Hall–Kier alpha value is -1.97. The molecule has 4 fully saturated rings. The van der Waals surface area contributed by atoms with E-state index in [0.29, 0.717) is 18.1 Å². The number of nitrogens with zero attached hydrogens (tertiary/aromatic N) is 6. The third kappa shape index (κ3) is 5.63. The Balaban J connectivity index is 1.15. The van der Waals surface area contributed by atoms with Gasteiger partial charge in [-0.05, 0) is 96.2 Å². The maximum Gasteiger partial charge on any atom is 0.227 e. The molecule has 0 amide bonds. The lowest BCUT2D eigenvalue weighted by atomic mass is 9.92. The highest BCUT2D eigenvalue weighted by Crippen LogP contribution is 2.34. The molecule has 9 heteroatoms. The molecule has 2 aromatic heterocycles. The fraction of sp³-hybridized carbons (Fsp3) is 0.815. The SMILES string of the molecule is N[C@H]1CC[C@H](Nc2nc(NN3CCC(CCN4CCCC4)CC3)c3ncn(C4CCCC4)c3n2)CC1. The number of rotatable bonds is 8. The van der Waals surface area contributed by atoms with Gasteiger partial charge in [-0.3, -0.25) is 0 Å². The summed E-state index contributed by atoms with van der Waals surface area (Å²) in [7, 11) is 0. The lowest BCUT2D eigenvalue weighted by molar-refractivity contribution is 0.193. The van der Waals surface area contributed by atoms with Gasteiger partial charge in [-0.15, -0.1) is 0 Å². The molecule has 0 atom stereocenters. The van der Waals surface area contributed by atoms with Crippen LogP contribution >= 0.6 is 0 Å². The Morgan fingerprint density at radius 2 is 1.61 bits per heavy atom. The maximum absolute atomic E-state index is 6.14. The van der Waals surface area contributed by atoms with Crippen molar-refractivity contribution in [2.45, 2.75) is 102 Å². The van der Waals surface area contributed by atoms with E-state index in [2.05, 4.69) is 25.2 Å². The molecule has 36 heavy (non-hydrogen) atoms. The van der Waals surface area contributed by atoms with E-state index >= 15 is 0 Å². The van der Waals surface area contributed by atoms with Crippen molar-refractivity contribution in [3.8, 4) is 0 Å². The van der Waals surface area contributed by atoms with Crippen LogP contribution in [0.5, 0.6) is 0 Å². The molecular weight excluding hydrogens is 450 g/mol. The number of anilines is 2. The Kier molecular flexibility index (Phi) is 7.58. The first kappa shape index (κ1) is 24.4. The zero-order chi connectivity index (χ0) is 24.3. The van der Waals surface area contributed by atoms with Gasteiger partial charge < -0.3 is 25.9 Å². The molecule has 4 N–H and O–H groups in total. The number of hydrogen-bond donors (Lipinski definition) is 3. The monoisotopic (exact) mass is 495 g/mol. The largest absolute Gasteiger partial charge is 0.351 e. The van der Waals surface area contributed by atoms with Crippen molar-refractivity contribution in [2.24, 2.45) is 11.7 Å². The van der Waals surface area contributed by atoms with Crippen molar-refractivity contribution in [3.63, 3.8) is 0 Å². The van der Waals surface area contributed by atoms with Crippen LogP contribution in [0.4, 0.5) is 11.8 Å². The summed E-state index contributed by atoms with van der Waals surface area (Å²) in [4.78, 5) is 17.4. The number of likely N-dealkylation sites (tertiary alicyclic amines) is 1. The molecular formula is C27H45N9. The molecule has 0 radical (unpaired) electrons. The Morgan fingerprint density at radius 3 is 2.36 bits per heavy atom. The zero-order valence-electron chi connectivity index (χ0n) is 21.9. The zero-order valence-corrected chi connectivity index (χ0v) is 21.9. The predicted molar refractivity (Wildman–Crippen MR) is 145 cm³/mol. The first-order chi connectivity index (χ1) is 17.7. The average molecular weight is 496 g/mol. The number of hydrazine groups is 1. The van der Waals surface area contributed by atoms with Crippen LogP contribution in [0, 0.1) is 5.92 Å². The van der Waals surface area contributed by atoms with Gasteiger partial charge >= 0.3 is 0 Å². The van der Waals surface area contributed by atoms with Crippen molar-refractivity contribution in [3.05, 3.63) is 6.33 Å². The van der Waals surface area contributed by atoms with Crippen molar-refractivity contribution in [2.75, 3.05) is 43.5 Å². The number of piperidine rings is 1. The topological polar surface area (TPSA) is 100 Å². The van der Waals surface area contributed by atoms with E-state index in [-0.39, 0.29) is 0 Å². The predicted octanol–water partition coefficient (Wildman–Crippen LogP) is 4.15. The van der Waals surface area contributed by atoms with Gasteiger partial charge in [0.1, 0.15) is 0 Å². The lowest BCUT2D eigenvalue weighted by Crippen LogP contribution is -2.39. The van der Waals surface area contributed by atoms with Gasteiger partial charge in [0.2, 0.25) is 5.95 Å². The van der Waals surface area contributed by atoms with Crippen LogP contribution in [-0.2, 0) is 0 Å². The Labute approximate surface area is 215 Å². The van der Waals surface area contributed by atoms with E-state index < -0.39 is 0 Å². The summed E-state index contributed by atoms with van der Waals surface area (Å²) in [6, 6.07) is 1.24. The minimum atomic E-state index is 0.339. The minimum absolute atomic E-state index is 0.339. The van der Waals surface area contributed by atoms with E-state index in [0.717, 1.165) is 67.6 Å². The summed E-state index contributed by atoms with van der Waals surface area (Å²) in [5, 5.41) is 6.00. The van der Waals surface area contributed by atoms with Crippen LogP contribution in [0.25, 0.3) is 11.2 Å². The van der Waals surface area contributed by atoms with E-state index in [1.165, 1.54) is 77.4 Å². The number of aromatic nitrogens is 4. The summed E-state index contributed by atoms with van der Waals surface area (Å²) < 4.78 is 2.31. The van der Waals surface area contributed by atoms with Crippen LogP contribution in [0.1, 0.15) is 89.5 Å². The molecule has 0 spiro atoms. The quantitative estimate of drug-likeness (QED) is 0.502. The van der Waals surface area contributed by atoms with Crippen molar-refractivity contribution < 1.29 is 0 Å². The Morgan fingerprint density at radius 1 is 0.861 bits per heavy atom. The molecule has 0 unspecified atom stereocenters. The molecule has 198 valence electrons. The van der Waals surface area contributed by atoms with Gasteiger partial charge in [0, 0.05) is 31.2 Å². The van der Waals surface area contributed by atoms with Crippen LogP contribution in [0.3, 0.4) is 0 Å². The second kappa shape index (κ2) is 11.2. The second-order valence-corrected chi connectivity index (χ2v) is 11.8. The molecule has 2 aromatic rings. The average Bonchev–Trinajstić information content (AvgIpc) is 3.67. The lowest BCUT2D eigenvalue weighted by Gasteiger charge is -2.33. The number of fused-ring (bicyclic) bond motifs is 1. The molecule has 4 heterocycles. The summed E-state index contributed by atoms with van der Waals surface area (Å²) in [5.41, 5.74) is 11.7. The number of hydrogen-bond acceptors (Lipinski definition) is 8. The molecule has 6 rings (SSSR count). The summed E-state index contributed by atoms with van der Waals surface area (Å²) in [6.45, 7) is 6.01. The van der Waals surface area contributed by atoms with E-state index in [9.17, 15) is 0 Å². The van der Waals surface area contributed by atoms with Crippen molar-refractivity contribution >= 4 is 22.9 Å².